The van der Waals surface area contributed by atoms with E-state index in [0.717, 1.165) is 19.2 Å². The zero-order valence-electron chi connectivity index (χ0n) is 11.7. The number of aromatic nitrogens is 5. The topological polar surface area (TPSA) is 77.6 Å². The van der Waals surface area contributed by atoms with Gasteiger partial charge in [-0.2, -0.15) is 13.9 Å². The number of alkyl halides is 2. The number of rotatable bonds is 6. The Hall–Kier alpha value is -2.32. The minimum Gasteiger partial charge on any atom is -0.341 e. The Morgan fingerprint density at radius 1 is 1.48 bits per heavy atom. The second-order valence-electron chi connectivity index (χ2n) is 4.54. The molecule has 1 amide bonds. The van der Waals surface area contributed by atoms with Crippen molar-refractivity contribution in [2.45, 2.75) is 39.4 Å². The molecule has 0 unspecified atom stereocenters. The maximum atomic E-state index is 12.4. The van der Waals surface area contributed by atoms with Gasteiger partial charge in [-0.3, -0.25) is 4.79 Å². The smallest absolute Gasteiger partial charge is 0.333 e. The Labute approximate surface area is 120 Å². The molecule has 0 saturated carbocycles. The number of aryl methyl sites for hydroxylation is 1. The Morgan fingerprint density at radius 2 is 2.24 bits per heavy atom. The van der Waals surface area contributed by atoms with Crippen molar-refractivity contribution in [1.82, 2.24) is 29.9 Å². The molecule has 1 N–H and O–H groups in total. The monoisotopic (exact) mass is 298 g/mol. The number of nitrogens with zero attached hydrogens (tertiary/aromatic N) is 5. The summed E-state index contributed by atoms with van der Waals surface area (Å²) in [5, 5.41) is 14.0. The average molecular weight is 298 g/mol. The third kappa shape index (κ3) is 3.41. The van der Waals surface area contributed by atoms with E-state index in [2.05, 4.69) is 20.6 Å². The maximum Gasteiger partial charge on any atom is 0.333 e. The van der Waals surface area contributed by atoms with Crippen molar-refractivity contribution in [1.29, 1.82) is 0 Å². The predicted molar refractivity (Wildman–Crippen MR) is 69.7 cm³/mol. The van der Waals surface area contributed by atoms with Crippen LogP contribution in [-0.2, 0) is 6.54 Å². The summed E-state index contributed by atoms with van der Waals surface area (Å²) in [5.41, 5.74) is -0.0660. The molecule has 21 heavy (non-hydrogen) atoms. The first-order valence-corrected chi connectivity index (χ1v) is 6.54. The normalized spacial score (nSPS) is 12.6. The summed E-state index contributed by atoms with van der Waals surface area (Å²) in [6.07, 6.45) is 3.56. The minimum atomic E-state index is -2.77. The van der Waals surface area contributed by atoms with Crippen LogP contribution in [0, 0.1) is 0 Å². The summed E-state index contributed by atoms with van der Waals surface area (Å²) >= 11 is 0. The third-order valence-corrected chi connectivity index (χ3v) is 2.89. The Kier molecular flexibility index (Phi) is 4.61. The molecule has 0 spiro atoms. The lowest BCUT2D eigenvalue weighted by Gasteiger charge is -2.13. The molecule has 2 aromatic heterocycles. The van der Waals surface area contributed by atoms with Crippen LogP contribution in [0.5, 0.6) is 0 Å². The highest BCUT2D eigenvalue weighted by molar-refractivity contribution is 5.92. The van der Waals surface area contributed by atoms with Crippen LogP contribution in [0.4, 0.5) is 8.78 Å². The molecule has 0 saturated heterocycles. The molecule has 114 valence electrons. The molecule has 0 aliphatic carbocycles. The summed E-state index contributed by atoms with van der Waals surface area (Å²) in [6, 6.07) is 0.841. The molecule has 0 aromatic carbocycles. The Morgan fingerprint density at radius 3 is 2.86 bits per heavy atom. The molecule has 0 aliphatic rings. The van der Waals surface area contributed by atoms with Crippen molar-refractivity contribution in [3.05, 3.63) is 30.1 Å². The van der Waals surface area contributed by atoms with Gasteiger partial charge in [-0.05, 0) is 19.4 Å². The number of carbonyl (C=O) groups excluding carboxylic acids is 1. The van der Waals surface area contributed by atoms with Crippen molar-refractivity contribution in [2.24, 2.45) is 0 Å². The molecule has 2 rings (SSSR count). The van der Waals surface area contributed by atoms with Crippen molar-refractivity contribution in [2.75, 3.05) is 0 Å². The lowest BCUT2D eigenvalue weighted by atomic mass is 10.3. The summed E-state index contributed by atoms with van der Waals surface area (Å²) < 4.78 is 27.1. The zero-order valence-corrected chi connectivity index (χ0v) is 11.7. The van der Waals surface area contributed by atoms with E-state index in [0.29, 0.717) is 10.5 Å². The van der Waals surface area contributed by atoms with Crippen molar-refractivity contribution >= 4 is 5.91 Å². The zero-order chi connectivity index (χ0) is 15.4. The summed E-state index contributed by atoms with van der Waals surface area (Å²) in [7, 11) is 0. The molecule has 0 fully saturated rings. The Bertz CT molecular complexity index is 608. The van der Waals surface area contributed by atoms with E-state index >= 15 is 0 Å². The maximum absolute atomic E-state index is 12.4. The van der Waals surface area contributed by atoms with Crippen molar-refractivity contribution in [3.8, 4) is 0 Å². The van der Waals surface area contributed by atoms with Crippen LogP contribution in [0.3, 0.4) is 0 Å². The van der Waals surface area contributed by atoms with Crippen LogP contribution in [0.2, 0.25) is 0 Å². The van der Waals surface area contributed by atoms with Gasteiger partial charge in [0.2, 0.25) is 0 Å². The van der Waals surface area contributed by atoms with Gasteiger partial charge in [0.25, 0.3) is 5.91 Å². The standard InChI is InChI=1S/C12H16F2N6O/c1-3-5-19-7-15-17-10(19)8(2)16-11(21)9-4-6-20(18-9)12(13)14/h4,6-8,12H,3,5H2,1-2H3,(H,16,21)/t8-/m1/s1. The molecule has 0 bridgehead atoms. The lowest BCUT2D eigenvalue weighted by Crippen LogP contribution is -2.29. The van der Waals surface area contributed by atoms with Gasteiger partial charge in [0, 0.05) is 12.7 Å². The van der Waals surface area contributed by atoms with E-state index in [9.17, 15) is 13.6 Å². The molecule has 0 aliphatic heterocycles. The highest BCUT2D eigenvalue weighted by Gasteiger charge is 2.19. The molecule has 0 radical (unpaired) electrons. The third-order valence-electron chi connectivity index (χ3n) is 2.89. The van der Waals surface area contributed by atoms with Crippen LogP contribution in [0.25, 0.3) is 0 Å². The second kappa shape index (κ2) is 6.42. The molecule has 2 heterocycles. The Balaban J connectivity index is 2.05. The minimum absolute atomic E-state index is 0.0660. The van der Waals surface area contributed by atoms with Gasteiger partial charge in [0.05, 0.1) is 6.04 Å². The number of hydrogen-bond donors (Lipinski definition) is 1. The number of carbonyl (C=O) groups is 1. The first kappa shape index (κ1) is 15.1. The lowest BCUT2D eigenvalue weighted by molar-refractivity contribution is 0.0559. The van der Waals surface area contributed by atoms with Crippen LogP contribution in [-0.4, -0.2) is 30.5 Å². The van der Waals surface area contributed by atoms with Crippen LogP contribution in [0.15, 0.2) is 18.6 Å². The van der Waals surface area contributed by atoms with Crippen LogP contribution >= 0.6 is 0 Å². The number of halogens is 2. The van der Waals surface area contributed by atoms with Gasteiger partial charge in [-0.1, -0.05) is 6.92 Å². The van der Waals surface area contributed by atoms with Gasteiger partial charge < -0.3 is 9.88 Å². The highest BCUT2D eigenvalue weighted by Crippen LogP contribution is 2.12. The molecular formula is C12H16F2N6O. The average Bonchev–Trinajstić information content (AvgIpc) is 3.07. The van der Waals surface area contributed by atoms with E-state index in [4.69, 9.17) is 0 Å². The SMILES string of the molecule is CCCn1cnnc1[C@@H](C)NC(=O)c1ccn(C(F)F)n1. The van der Waals surface area contributed by atoms with Crippen LogP contribution < -0.4 is 5.32 Å². The fraction of sp³-hybridized carbons (Fsp3) is 0.500. The number of hydrogen-bond acceptors (Lipinski definition) is 4. The quantitative estimate of drug-likeness (QED) is 0.881. The number of nitrogens with one attached hydrogen (secondary N) is 1. The fourth-order valence-electron chi connectivity index (χ4n) is 1.92. The fourth-order valence-corrected chi connectivity index (χ4v) is 1.92. The van der Waals surface area contributed by atoms with E-state index in [-0.39, 0.29) is 5.69 Å². The molecule has 1 atom stereocenters. The second-order valence-corrected chi connectivity index (χ2v) is 4.54. The summed E-state index contributed by atoms with van der Waals surface area (Å²) in [6.45, 7) is 1.74. The van der Waals surface area contributed by atoms with Gasteiger partial charge >= 0.3 is 6.55 Å². The number of amides is 1. The first-order chi connectivity index (χ1) is 10.0. The molecule has 7 nitrogen and oxygen atoms in total. The van der Waals surface area contributed by atoms with Gasteiger partial charge in [0.15, 0.2) is 5.82 Å². The van der Waals surface area contributed by atoms with E-state index in [1.54, 1.807) is 13.3 Å². The first-order valence-electron chi connectivity index (χ1n) is 6.54. The van der Waals surface area contributed by atoms with Crippen molar-refractivity contribution < 1.29 is 13.6 Å². The van der Waals surface area contributed by atoms with Gasteiger partial charge in [-0.25, -0.2) is 4.68 Å². The largest absolute Gasteiger partial charge is 0.341 e. The summed E-state index contributed by atoms with van der Waals surface area (Å²) in [4.78, 5) is 12.0. The van der Waals surface area contributed by atoms with Crippen LogP contribution in [0.1, 0.15) is 49.2 Å². The summed E-state index contributed by atoms with van der Waals surface area (Å²) in [5.74, 6) is 0.0754. The van der Waals surface area contributed by atoms with Crippen molar-refractivity contribution in [3.63, 3.8) is 0 Å². The van der Waals surface area contributed by atoms with Gasteiger partial charge in [0.1, 0.15) is 12.0 Å². The van der Waals surface area contributed by atoms with E-state index in [1.807, 2.05) is 11.5 Å². The molecular weight excluding hydrogens is 282 g/mol. The predicted octanol–water partition coefficient (Wildman–Crippen LogP) is 1.77. The van der Waals surface area contributed by atoms with E-state index in [1.165, 1.54) is 6.07 Å². The molecule has 2 aromatic rings. The highest BCUT2D eigenvalue weighted by atomic mass is 19.3. The van der Waals surface area contributed by atoms with Gasteiger partial charge in [-0.15, -0.1) is 10.2 Å². The van der Waals surface area contributed by atoms with E-state index < -0.39 is 18.5 Å². The molecule has 9 heteroatoms.